The Balaban J connectivity index is 1.35. The molecule has 1 aromatic heterocycles. The van der Waals surface area contributed by atoms with Gasteiger partial charge in [0.05, 0.1) is 18.0 Å². The Kier molecular flexibility index (Phi) is 7.46. The smallest absolute Gasteiger partial charge is 0.383 e. The van der Waals surface area contributed by atoms with Crippen LogP contribution in [-0.4, -0.2) is 47.3 Å². The van der Waals surface area contributed by atoms with E-state index < -0.39 is 17.8 Å². The number of aromatic amines is 1. The van der Waals surface area contributed by atoms with E-state index >= 15 is 0 Å². The van der Waals surface area contributed by atoms with E-state index in [1.54, 1.807) is 6.07 Å². The fourth-order valence-corrected chi connectivity index (χ4v) is 5.62. The molecule has 0 radical (unpaired) electrons. The van der Waals surface area contributed by atoms with Crippen molar-refractivity contribution in [1.29, 1.82) is 0 Å². The zero-order chi connectivity index (χ0) is 26.9. The van der Waals surface area contributed by atoms with Gasteiger partial charge >= 0.3 is 6.18 Å². The number of H-pyrrole nitrogens is 1. The summed E-state index contributed by atoms with van der Waals surface area (Å²) in [5, 5.41) is 8.88. The van der Waals surface area contributed by atoms with Crippen molar-refractivity contribution in [2.75, 3.05) is 18.5 Å². The van der Waals surface area contributed by atoms with Gasteiger partial charge in [0.15, 0.2) is 0 Å². The second kappa shape index (κ2) is 10.6. The number of aromatic nitrogens is 1. The van der Waals surface area contributed by atoms with Crippen molar-refractivity contribution in [1.82, 2.24) is 10.3 Å². The van der Waals surface area contributed by atoms with Gasteiger partial charge in [0, 0.05) is 30.3 Å². The molecule has 2 heterocycles. The number of anilines is 1. The molecule has 202 valence electrons. The van der Waals surface area contributed by atoms with Crippen molar-refractivity contribution in [3.8, 4) is 0 Å². The molecule has 38 heavy (non-hydrogen) atoms. The second-order valence-electron chi connectivity index (χ2n) is 10.3. The Morgan fingerprint density at radius 2 is 2.03 bits per heavy atom. The summed E-state index contributed by atoms with van der Waals surface area (Å²) in [4.78, 5) is 19.7. The van der Waals surface area contributed by atoms with Crippen molar-refractivity contribution in [2.45, 2.75) is 56.4 Å². The summed E-state index contributed by atoms with van der Waals surface area (Å²) in [6.45, 7) is 1.26. The Morgan fingerprint density at radius 3 is 2.68 bits per heavy atom. The summed E-state index contributed by atoms with van der Waals surface area (Å²) in [6, 6.07) is 5.65. The first-order valence-electron chi connectivity index (χ1n) is 12.8. The molecule has 1 spiro atoms. The summed E-state index contributed by atoms with van der Waals surface area (Å²) in [6.07, 6.45) is 3.16. The Labute approximate surface area is 223 Å². The molecule has 4 unspecified atom stereocenters. The van der Waals surface area contributed by atoms with Crippen LogP contribution in [0.25, 0.3) is 0 Å². The number of hydrogen-bond donors (Lipinski definition) is 4. The van der Waals surface area contributed by atoms with E-state index in [4.69, 9.17) is 22.7 Å². The molecule has 4 atom stereocenters. The highest BCUT2D eigenvalue weighted by molar-refractivity contribution is 7.78. The van der Waals surface area contributed by atoms with Crippen molar-refractivity contribution < 1.29 is 17.9 Å². The number of thiocarbonyl (C=S) groups is 1. The first kappa shape index (κ1) is 26.6. The zero-order valence-corrected chi connectivity index (χ0v) is 21.5. The van der Waals surface area contributed by atoms with E-state index in [-0.39, 0.29) is 40.4 Å². The number of hydrogen-bond acceptors (Lipinski definition) is 6. The minimum absolute atomic E-state index is 0.0352. The molecule has 0 amide bonds. The highest BCUT2D eigenvalue weighted by Gasteiger charge is 2.60. The number of allylic oxidation sites excluding steroid dienone is 1. The lowest BCUT2D eigenvalue weighted by Gasteiger charge is -2.32. The maximum atomic E-state index is 13.7. The first-order chi connectivity index (χ1) is 18.2. The number of rotatable bonds is 8. The van der Waals surface area contributed by atoms with Gasteiger partial charge in [-0.1, -0.05) is 23.6 Å². The topological polar surface area (TPSA) is 105 Å². The van der Waals surface area contributed by atoms with Crippen LogP contribution < -0.4 is 21.9 Å². The lowest BCUT2D eigenvalue weighted by atomic mass is 9.84. The molecular weight excluding hydrogens is 515 g/mol. The molecule has 1 aliphatic heterocycles. The minimum Gasteiger partial charge on any atom is -0.383 e. The number of alkyl halides is 3. The van der Waals surface area contributed by atoms with Gasteiger partial charge in [0.25, 0.3) is 5.56 Å². The maximum absolute atomic E-state index is 13.7. The summed E-state index contributed by atoms with van der Waals surface area (Å²) >= 11 is 4.93. The zero-order valence-electron chi connectivity index (χ0n) is 20.7. The van der Waals surface area contributed by atoms with Gasteiger partial charge in [-0.25, -0.2) is 4.99 Å². The molecular formula is C27H30F3N5O2S. The standard InChI is InChI=1S/C27H30F3N5O2S/c28-27(29,30)23(33-18-2-1-3-18)16-4-6-19(7-5-16)34-24(31)22-20(8-11-32-25(22)36)35-21-14-26(21)15-37-12-9-17(26)10-13-38/h4-8,10-11,17-18,21,23,33H,1-3,9,12,14-15H2,(H2,31,34)(H2,32,35,36). The third-order valence-electron chi connectivity index (χ3n) is 7.93. The number of nitrogens with zero attached hydrogens (tertiary/aromatic N) is 1. The van der Waals surface area contributed by atoms with Crippen LogP contribution in [0.3, 0.4) is 0 Å². The van der Waals surface area contributed by atoms with Crippen LogP contribution in [0.1, 0.15) is 49.3 Å². The van der Waals surface area contributed by atoms with Crippen LogP contribution >= 0.6 is 12.2 Å². The van der Waals surface area contributed by atoms with Crippen LogP contribution in [0.2, 0.25) is 0 Å². The fourth-order valence-electron chi connectivity index (χ4n) is 5.45. The second-order valence-corrected chi connectivity index (χ2v) is 10.6. The Morgan fingerprint density at radius 1 is 1.26 bits per heavy atom. The van der Waals surface area contributed by atoms with Gasteiger partial charge in [-0.2, -0.15) is 13.2 Å². The fraction of sp³-hybridized carbons (Fsp3) is 0.481. The molecule has 2 saturated carbocycles. The molecule has 1 saturated heterocycles. The van der Waals surface area contributed by atoms with Crippen LogP contribution in [0.5, 0.6) is 0 Å². The van der Waals surface area contributed by atoms with Gasteiger partial charge < -0.3 is 20.8 Å². The maximum Gasteiger partial charge on any atom is 0.407 e. The highest BCUT2D eigenvalue weighted by Crippen LogP contribution is 2.57. The Bertz CT molecular complexity index is 1300. The molecule has 1 aromatic carbocycles. The largest absolute Gasteiger partial charge is 0.407 e. The summed E-state index contributed by atoms with van der Waals surface area (Å²) in [5.41, 5.74) is 6.90. The quantitative estimate of drug-likeness (QED) is 0.221. The minimum atomic E-state index is -4.42. The predicted octanol–water partition coefficient (Wildman–Crippen LogP) is 4.52. The van der Waals surface area contributed by atoms with Crippen molar-refractivity contribution in [2.24, 2.45) is 22.1 Å². The number of ether oxygens (including phenoxy) is 1. The molecule has 5 rings (SSSR count). The summed E-state index contributed by atoms with van der Waals surface area (Å²) in [5.74, 6) is 0.201. The number of nitrogens with two attached hydrogens (primary N) is 1. The summed E-state index contributed by atoms with van der Waals surface area (Å²) < 4.78 is 46.8. The number of nitrogens with one attached hydrogen (secondary N) is 3. The van der Waals surface area contributed by atoms with Gasteiger partial charge in [-0.15, -0.1) is 0 Å². The number of halogens is 3. The molecule has 3 aliphatic rings. The van der Waals surface area contributed by atoms with Crippen LogP contribution in [-0.2, 0) is 4.74 Å². The molecule has 5 N–H and O–H groups in total. The van der Waals surface area contributed by atoms with Crippen LogP contribution in [0, 0.1) is 11.3 Å². The van der Waals surface area contributed by atoms with Gasteiger partial charge in [0.1, 0.15) is 17.4 Å². The molecule has 7 nitrogen and oxygen atoms in total. The third-order valence-corrected chi connectivity index (χ3v) is 8.06. The van der Waals surface area contributed by atoms with Crippen molar-refractivity contribution >= 4 is 34.5 Å². The highest BCUT2D eigenvalue weighted by atomic mass is 32.1. The van der Waals surface area contributed by atoms with Gasteiger partial charge in [-0.05, 0) is 73.7 Å². The van der Waals surface area contributed by atoms with Gasteiger partial charge in [0.2, 0.25) is 0 Å². The Hall–Kier alpha value is -2.98. The lowest BCUT2D eigenvalue weighted by molar-refractivity contribution is -0.161. The number of aliphatic imine (C=N–C) groups is 1. The SMILES string of the molecule is NC(=Nc1ccc(C(NC2CCC2)C(F)(F)F)cc1)c1c(NC2CC23COCCC3C=C=S)cc[nH]c1=O. The van der Waals surface area contributed by atoms with Crippen molar-refractivity contribution in [3.05, 3.63) is 64.1 Å². The number of benzene rings is 1. The third kappa shape index (κ3) is 5.42. The molecule has 2 aromatic rings. The average molecular weight is 546 g/mol. The average Bonchev–Trinajstić information content (AvgIpc) is 3.52. The van der Waals surface area contributed by atoms with Gasteiger partial charge in [-0.3, -0.25) is 10.1 Å². The number of amidine groups is 1. The lowest BCUT2D eigenvalue weighted by Crippen LogP contribution is -2.43. The first-order valence-corrected chi connectivity index (χ1v) is 13.2. The van der Waals surface area contributed by atoms with Crippen molar-refractivity contribution in [3.63, 3.8) is 0 Å². The van der Waals surface area contributed by atoms with E-state index in [9.17, 15) is 18.0 Å². The van der Waals surface area contributed by atoms with E-state index in [2.05, 4.69) is 25.6 Å². The molecule has 11 heteroatoms. The van der Waals surface area contributed by atoms with E-state index in [1.807, 2.05) is 6.08 Å². The molecule has 0 bridgehead atoms. The van der Waals surface area contributed by atoms with Crippen LogP contribution in [0.15, 0.2) is 52.4 Å². The predicted molar refractivity (Wildman–Crippen MR) is 144 cm³/mol. The van der Waals surface area contributed by atoms with E-state index in [0.717, 1.165) is 32.1 Å². The van der Waals surface area contributed by atoms with E-state index in [0.29, 0.717) is 24.6 Å². The van der Waals surface area contributed by atoms with Crippen LogP contribution in [0.4, 0.5) is 24.5 Å². The summed E-state index contributed by atoms with van der Waals surface area (Å²) in [7, 11) is 0. The molecule has 2 aliphatic carbocycles. The normalized spacial score (nSPS) is 26.3. The van der Waals surface area contributed by atoms with E-state index in [1.165, 1.54) is 30.5 Å². The number of pyridine rings is 1. The molecule has 3 fully saturated rings. The monoisotopic (exact) mass is 545 g/mol.